The number of rotatable bonds is 4. The van der Waals surface area contributed by atoms with Crippen LogP contribution in [0.1, 0.15) is 38.4 Å². The Morgan fingerprint density at radius 3 is 2.95 bits per heavy atom. The zero-order chi connectivity index (χ0) is 15.7. The van der Waals surface area contributed by atoms with E-state index < -0.39 is 0 Å². The Kier molecular flexibility index (Phi) is 4.24. The zero-order valence-corrected chi connectivity index (χ0v) is 14.1. The van der Waals surface area contributed by atoms with Crippen molar-refractivity contribution >= 4 is 5.65 Å². The number of aryl methyl sites for hydroxylation is 1. The fourth-order valence-electron chi connectivity index (χ4n) is 3.45. The predicted molar refractivity (Wildman–Crippen MR) is 88.9 cm³/mol. The minimum Gasteiger partial charge on any atom is -0.377 e. The van der Waals surface area contributed by atoms with E-state index in [2.05, 4.69) is 60.7 Å². The molecule has 2 aromatic rings. The summed E-state index contributed by atoms with van der Waals surface area (Å²) in [5, 5.41) is 3.60. The van der Waals surface area contributed by atoms with Gasteiger partial charge in [-0.2, -0.15) is 0 Å². The normalized spacial score (nSPS) is 22.5. The third kappa shape index (κ3) is 3.18. The maximum Gasteiger partial charge on any atom is 0.136 e. The van der Waals surface area contributed by atoms with Crippen LogP contribution in [0.3, 0.4) is 0 Å². The molecular formula is C18H27N3O. The maximum absolute atomic E-state index is 5.95. The Bertz CT molecular complexity index is 641. The summed E-state index contributed by atoms with van der Waals surface area (Å²) in [5.41, 5.74) is 3.69. The molecule has 1 aliphatic heterocycles. The van der Waals surface area contributed by atoms with Gasteiger partial charge in [0, 0.05) is 31.8 Å². The third-order valence-electron chi connectivity index (χ3n) is 4.51. The lowest BCUT2D eigenvalue weighted by Crippen LogP contribution is -2.36. The highest BCUT2D eigenvalue weighted by Gasteiger charge is 2.36. The minimum atomic E-state index is 0.212. The Morgan fingerprint density at radius 2 is 2.18 bits per heavy atom. The smallest absolute Gasteiger partial charge is 0.136 e. The van der Waals surface area contributed by atoms with Crippen molar-refractivity contribution in [1.29, 1.82) is 0 Å². The van der Waals surface area contributed by atoms with E-state index in [1.54, 1.807) is 0 Å². The number of hydrogen-bond acceptors (Lipinski definition) is 3. The number of nitrogens with one attached hydrogen (secondary N) is 1. The second kappa shape index (κ2) is 6.01. The lowest BCUT2D eigenvalue weighted by atomic mass is 9.81. The van der Waals surface area contributed by atoms with E-state index in [-0.39, 0.29) is 5.41 Å². The van der Waals surface area contributed by atoms with E-state index in [0.717, 1.165) is 31.8 Å². The summed E-state index contributed by atoms with van der Waals surface area (Å²) in [6.45, 7) is 11.7. The molecule has 0 saturated carbocycles. The van der Waals surface area contributed by atoms with Crippen molar-refractivity contribution in [3.63, 3.8) is 0 Å². The molecule has 0 aliphatic carbocycles. The van der Waals surface area contributed by atoms with Gasteiger partial charge < -0.3 is 14.5 Å². The average Bonchev–Trinajstić information content (AvgIpc) is 3.05. The second-order valence-corrected chi connectivity index (χ2v) is 7.52. The van der Waals surface area contributed by atoms with Gasteiger partial charge in [0.25, 0.3) is 0 Å². The molecular weight excluding hydrogens is 274 g/mol. The number of imidazole rings is 1. The summed E-state index contributed by atoms with van der Waals surface area (Å²) in [6, 6.07) is 4.17. The number of nitrogens with zero attached hydrogens (tertiary/aromatic N) is 2. The molecule has 0 radical (unpaired) electrons. The van der Waals surface area contributed by atoms with Crippen LogP contribution in [0, 0.1) is 18.3 Å². The Hall–Kier alpha value is -1.39. The van der Waals surface area contributed by atoms with Gasteiger partial charge in [0.15, 0.2) is 0 Å². The molecule has 22 heavy (non-hydrogen) atoms. The van der Waals surface area contributed by atoms with Crippen LogP contribution < -0.4 is 5.32 Å². The van der Waals surface area contributed by atoms with Gasteiger partial charge in [0.2, 0.25) is 0 Å². The first kappa shape index (κ1) is 15.5. The van der Waals surface area contributed by atoms with Crippen molar-refractivity contribution in [3.8, 4) is 0 Å². The Balaban J connectivity index is 1.62. The average molecular weight is 301 g/mol. The van der Waals surface area contributed by atoms with Crippen molar-refractivity contribution in [2.24, 2.45) is 11.3 Å². The summed E-state index contributed by atoms with van der Waals surface area (Å²) in [4.78, 5) is 4.46. The van der Waals surface area contributed by atoms with Crippen LogP contribution in [0.25, 0.3) is 5.65 Å². The molecule has 120 valence electrons. The highest BCUT2D eigenvalue weighted by atomic mass is 16.5. The fraction of sp³-hybridized carbons (Fsp3) is 0.611. The lowest BCUT2D eigenvalue weighted by molar-refractivity contribution is 0.00719. The molecule has 0 unspecified atom stereocenters. The topological polar surface area (TPSA) is 38.6 Å². The molecule has 1 N–H and O–H groups in total. The molecule has 1 fully saturated rings. The van der Waals surface area contributed by atoms with Gasteiger partial charge in [-0.15, -0.1) is 0 Å². The highest BCUT2D eigenvalue weighted by Crippen LogP contribution is 2.34. The summed E-state index contributed by atoms with van der Waals surface area (Å²) >= 11 is 0. The van der Waals surface area contributed by atoms with E-state index in [4.69, 9.17) is 4.74 Å². The predicted octanol–water partition coefficient (Wildman–Crippen LogP) is 3.18. The van der Waals surface area contributed by atoms with Crippen LogP contribution in [0.15, 0.2) is 24.5 Å². The van der Waals surface area contributed by atoms with Crippen LogP contribution in [0.5, 0.6) is 0 Å². The molecule has 4 nitrogen and oxygen atoms in total. The standard InChI is InChI=1S/C18H27N3O/c1-13-5-6-16-20-11-15(21(16)12-13)10-19-9-14-7-8-22-17(14)18(2,3)4/h5-6,11-12,14,17,19H,7-10H2,1-4H3/t14-,17+/m1/s1. The van der Waals surface area contributed by atoms with Crippen molar-refractivity contribution < 1.29 is 4.74 Å². The van der Waals surface area contributed by atoms with Gasteiger partial charge in [0.1, 0.15) is 5.65 Å². The van der Waals surface area contributed by atoms with Crippen molar-refractivity contribution in [1.82, 2.24) is 14.7 Å². The number of ether oxygens (including phenoxy) is 1. The number of fused-ring (bicyclic) bond motifs is 1. The summed E-state index contributed by atoms with van der Waals surface area (Å²) in [7, 11) is 0. The number of aromatic nitrogens is 2. The van der Waals surface area contributed by atoms with Crippen molar-refractivity contribution in [2.45, 2.75) is 46.8 Å². The Morgan fingerprint density at radius 1 is 1.36 bits per heavy atom. The van der Waals surface area contributed by atoms with Gasteiger partial charge >= 0.3 is 0 Å². The van der Waals surface area contributed by atoms with E-state index in [9.17, 15) is 0 Å². The highest BCUT2D eigenvalue weighted by molar-refractivity contribution is 5.41. The van der Waals surface area contributed by atoms with Crippen LogP contribution in [0.2, 0.25) is 0 Å². The van der Waals surface area contributed by atoms with E-state index in [0.29, 0.717) is 12.0 Å². The van der Waals surface area contributed by atoms with E-state index in [1.807, 2.05) is 6.20 Å². The molecule has 4 heteroatoms. The molecule has 2 atom stereocenters. The second-order valence-electron chi connectivity index (χ2n) is 7.52. The molecule has 1 saturated heterocycles. The van der Waals surface area contributed by atoms with E-state index in [1.165, 1.54) is 11.3 Å². The molecule has 3 heterocycles. The SMILES string of the molecule is Cc1ccc2ncc(CNC[C@H]3CCO[C@@H]3C(C)(C)C)n2c1. The summed E-state index contributed by atoms with van der Waals surface area (Å²) in [5.74, 6) is 0.598. The monoisotopic (exact) mass is 301 g/mol. The van der Waals surface area contributed by atoms with Gasteiger partial charge in [0.05, 0.1) is 18.0 Å². The summed E-state index contributed by atoms with van der Waals surface area (Å²) in [6.07, 6.45) is 5.62. The molecule has 0 spiro atoms. The molecule has 0 amide bonds. The Labute approximate surface area is 132 Å². The number of hydrogen-bond donors (Lipinski definition) is 1. The molecule has 1 aliphatic rings. The lowest BCUT2D eigenvalue weighted by Gasteiger charge is -2.31. The van der Waals surface area contributed by atoms with Crippen LogP contribution in [-0.2, 0) is 11.3 Å². The van der Waals surface area contributed by atoms with Gasteiger partial charge in [-0.05, 0) is 30.4 Å². The van der Waals surface area contributed by atoms with Crippen LogP contribution in [-0.4, -0.2) is 28.6 Å². The van der Waals surface area contributed by atoms with Gasteiger partial charge in [-0.3, -0.25) is 0 Å². The van der Waals surface area contributed by atoms with Crippen molar-refractivity contribution in [2.75, 3.05) is 13.2 Å². The summed E-state index contributed by atoms with van der Waals surface area (Å²) < 4.78 is 8.12. The van der Waals surface area contributed by atoms with Crippen LogP contribution in [0.4, 0.5) is 0 Å². The maximum atomic E-state index is 5.95. The van der Waals surface area contributed by atoms with Gasteiger partial charge in [-0.1, -0.05) is 26.8 Å². The first-order valence-electron chi connectivity index (χ1n) is 8.20. The zero-order valence-electron chi connectivity index (χ0n) is 14.1. The van der Waals surface area contributed by atoms with Gasteiger partial charge in [-0.25, -0.2) is 4.98 Å². The molecule has 0 aromatic carbocycles. The largest absolute Gasteiger partial charge is 0.377 e. The minimum absolute atomic E-state index is 0.212. The first-order valence-corrected chi connectivity index (χ1v) is 8.20. The van der Waals surface area contributed by atoms with Crippen LogP contribution >= 0.6 is 0 Å². The fourth-order valence-corrected chi connectivity index (χ4v) is 3.45. The molecule has 0 bridgehead atoms. The number of pyridine rings is 1. The molecule has 2 aromatic heterocycles. The first-order chi connectivity index (χ1) is 10.4. The quantitative estimate of drug-likeness (QED) is 0.942. The van der Waals surface area contributed by atoms with E-state index >= 15 is 0 Å². The third-order valence-corrected chi connectivity index (χ3v) is 4.51. The molecule has 3 rings (SSSR count). The van der Waals surface area contributed by atoms with Crippen molar-refractivity contribution in [3.05, 3.63) is 35.8 Å².